The van der Waals surface area contributed by atoms with Gasteiger partial charge in [-0.3, -0.25) is 9.59 Å². The van der Waals surface area contributed by atoms with Crippen molar-refractivity contribution >= 4 is 11.9 Å². The Morgan fingerprint density at radius 1 is 1.36 bits per heavy atom. The molecule has 0 saturated heterocycles. The number of hydrogen-bond donors (Lipinski definition) is 1. The maximum atomic E-state index is 11.3. The van der Waals surface area contributed by atoms with Gasteiger partial charge in [-0.05, 0) is 18.8 Å². The van der Waals surface area contributed by atoms with Crippen LogP contribution in [-0.4, -0.2) is 35.5 Å². The zero-order valence-electron chi connectivity index (χ0n) is 8.53. The Morgan fingerprint density at radius 2 is 1.93 bits per heavy atom. The van der Waals surface area contributed by atoms with Gasteiger partial charge in [0.1, 0.15) is 6.42 Å². The standard InChI is InChI=1S/C10H17NO3/c1-11(9(12)6-10(13)14)7-8-4-2-3-5-8/h8H,2-7H2,1H3,(H,13,14). The smallest absolute Gasteiger partial charge is 0.312 e. The number of aliphatic carboxylic acids is 1. The summed E-state index contributed by atoms with van der Waals surface area (Å²) in [6.07, 6.45) is 4.44. The van der Waals surface area contributed by atoms with Gasteiger partial charge in [0, 0.05) is 13.6 Å². The topological polar surface area (TPSA) is 57.6 Å². The van der Waals surface area contributed by atoms with E-state index in [9.17, 15) is 9.59 Å². The summed E-state index contributed by atoms with van der Waals surface area (Å²) in [4.78, 5) is 23.1. The summed E-state index contributed by atoms with van der Waals surface area (Å²) in [6, 6.07) is 0. The van der Waals surface area contributed by atoms with Crippen molar-refractivity contribution in [2.45, 2.75) is 32.1 Å². The fourth-order valence-electron chi connectivity index (χ4n) is 1.95. The zero-order valence-corrected chi connectivity index (χ0v) is 8.53. The molecule has 0 aromatic heterocycles. The predicted molar refractivity (Wildman–Crippen MR) is 51.8 cm³/mol. The minimum atomic E-state index is -1.05. The van der Waals surface area contributed by atoms with Crippen molar-refractivity contribution in [3.05, 3.63) is 0 Å². The number of carboxylic acid groups (broad SMARTS) is 1. The van der Waals surface area contributed by atoms with Gasteiger partial charge in [-0.15, -0.1) is 0 Å². The van der Waals surface area contributed by atoms with E-state index >= 15 is 0 Å². The second-order valence-electron chi connectivity index (χ2n) is 4.00. The van der Waals surface area contributed by atoms with Gasteiger partial charge in [-0.1, -0.05) is 12.8 Å². The van der Waals surface area contributed by atoms with Crippen LogP contribution >= 0.6 is 0 Å². The molecule has 0 atom stereocenters. The first-order valence-corrected chi connectivity index (χ1v) is 5.05. The first-order chi connectivity index (χ1) is 6.59. The number of carboxylic acids is 1. The van der Waals surface area contributed by atoms with Gasteiger partial charge in [0.15, 0.2) is 0 Å². The highest BCUT2D eigenvalue weighted by Gasteiger charge is 2.20. The molecule has 0 aromatic carbocycles. The molecule has 14 heavy (non-hydrogen) atoms. The van der Waals surface area contributed by atoms with Crippen LogP contribution in [0.15, 0.2) is 0 Å². The van der Waals surface area contributed by atoms with Gasteiger partial charge < -0.3 is 10.0 Å². The zero-order chi connectivity index (χ0) is 10.6. The summed E-state index contributed by atoms with van der Waals surface area (Å²) in [5.74, 6) is -0.754. The minimum Gasteiger partial charge on any atom is -0.481 e. The summed E-state index contributed by atoms with van der Waals surface area (Å²) in [5.41, 5.74) is 0. The molecule has 1 aliphatic rings. The molecule has 80 valence electrons. The van der Waals surface area contributed by atoms with Gasteiger partial charge in [0.05, 0.1) is 0 Å². The average Bonchev–Trinajstić information content (AvgIpc) is 2.55. The van der Waals surface area contributed by atoms with Crippen LogP contribution in [0.4, 0.5) is 0 Å². The van der Waals surface area contributed by atoms with Crippen LogP contribution in [0.3, 0.4) is 0 Å². The molecule has 1 saturated carbocycles. The van der Waals surface area contributed by atoms with Crippen molar-refractivity contribution in [2.24, 2.45) is 5.92 Å². The lowest BCUT2D eigenvalue weighted by Gasteiger charge is -2.20. The van der Waals surface area contributed by atoms with Gasteiger partial charge in [0.2, 0.25) is 5.91 Å². The SMILES string of the molecule is CN(CC1CCCC1)C(=O)CC(=O)O. The first-order valence-electron chi connectivity index (χ1n) is 5.05. The molecule has 0 aromatic rings. The predicted octanol–water partition coefficient (Wildman–Crippen LogP) is 1.11. The van der Waals surface area contributed by atoms with E-state index in [0.717, 1.165) is 0 Å². The highest BCUT2D eigenvalue weighted by molar-refractivity contribution is 5.93. The molecule has 0 radical (unpaired) electrons. The summed E-state index contributed by atoms with van der Waals surface area (Å²) in [5, 5.41) is 8.45. The van der Waals surface area contributed by atoms with Crippen molar-refractivity contribution in [1.29, 1.82) is 0 Å². The van der Waals surface area contributed by atoms with Crippen molar-refractivity contribution in [1.82, 2.24) is 4.90 Å². The third kappa shape index (κ3) is 3.36. The second-order valence-corrected chi connectivity index (χ2v) is 4.00. The van der Waals surface area contributed by atoms with E-state index in [1.165, 1.54) is 25.7 Å². The number of amides is 1. The van der Waals surface area contributed by atoms with Crippen LogP contribution < -0.4 is 0 Å². The quantitative estimate of drug-likeness (QED) is 0.690. The Kier molecular flexibility index (Phi) is 3.92. The fraction of sp³-hybridized carbons (Fsp3) is 0.800. The van der Waals surface area contributed by atoms with Crippen LogP contribution in [0, 0.1) is 5.92 Å². The molecular weight excluding hydrogens is 182 g/mol. The summed E-state index contributed by atoms with van der Waals surface area (Å²) in [7, 11) is 1.68. The molecule has 0 bridgehead atoms. The van der Waals surface area contributed by atoms with E-state index in [2.05, 4.69) is 0 Å². The highest BCUT2D eigenvalue weighted by atomic mass is 16.4. The van der Waals surface area contributed by atoms with E-state index in [0.29, 0.717) is 12.5 Å². The van der Waals surface area contributed by atoms with Crippen molar-refractivity contribution in [3.63, 3.8) is 0 Å². The third-order valence-corrected chi connectivity index (χ3v) is 2.74. The molecule has 4 heteroatoms. The average molecular weight is 199 g/mol. The Balaban J connectivity index is 2.29. The lowest BCUT2D eigenvalue weighted by atomic mass is 10.1. The van der Waals surface area contributed by atoms with E-state index < -0.39 is 5.97 Å². The van der Waals surface area contributed by atoms with Gasteiger partial charge >= 0.3 is 5.97 Å². The van der Waals surface area contributed by atoms with Gasteiger partial charge in [-0.2, -0.15) is 0 Å². The summed E-state index contributed by atoms with van der Waals surface area (Å²) < 4.78 is 0. The van der Waals surface area contributed by atoms with Gasteiger partial charge in [-0.25, -0.2) is 0 Å². The minimum absolute atomic E-state index is 0.288. The number of rotatable bonds is 4. The number of nitrogens with zero attached hydrogens (tertiary/aromatic N) is 1. The van der Waals surface area contributed by atoms with Crippen LogP contribution in [0.5, 0.6) is 0 Å². The number of hydrogen-bond acceptors (Lipinski definition) is 2. The summed E-state index contributed by atoms with van der Waals surface area (Å²) in [6.45, 7) is 0.714. The lowest BCUT2D eigenvalue weighted by Crippen LogP contribution is -2.32. The molecule has 1 rings (SSSR count). The second kappa shape index (κ2) is 4.98. The van der Waals surface area contributed by atoms with Crippen molar-refractivity contribution in [2.75, 3.05) is 13.6 Å². The molecule has 1 amide bonds. The number of carbonyl (C=O) groups is 2. The lowest BCUT2D eigenvalue weighted by molar-refractivity contribution is -0.143. The Morgan fingerprint density at radius 3 is 2.43 bits per heavy atom. The molecule has 1 N–H and O–H groups in total. The molecule has 0 heterocycles. The van der Waals surface area contributed by atoms with E-state index in [-0.39, 0.29) is 12.3 Å². The van der Waals surface area contributed by atoms with Crippen LogP contribution in [0.25, 0.3) is 0 Å². The van der Waals surface area contributed by atoms with Gasteiger partial charge in [0.25, 0.3) is 0 Å². The summed E-state index contributed by atoms with van der Waals surface area (Å²) >= 11 is 0. The van der Waals surface area contributed by atoms with Crippen LogP contribution in [0.1, 0.15) is 32.1 Å². The Labute approximate surface area is 83.9 Å². The van der Waals surface area contributed by atoms with Crippen molar-refractivity contribution in [3.8, 4) is 0 Å². The molecule has 4 nitrogen and oxygen atoms in total. The Hall–Kier alpha value is -1.06. The van der Waals surface area contributed by atoms with E-state index in [1.807, 2.05) is 0 Å². The molecule has 0 aliphatic heterocycles. The molecule has 0 spiro atoms. The largest absolute Gasteiger partial charge is 0.481 e. The van der Waals surface area contributed by atoms with Crippen molar-refractivity contribution < 1.29 is 14.7 Å². The maximum absolute atomic E-state index is 11.3. The molecule has 1 fully saturated rings. The first kappa shape index (κ1) is 11.0. The maximum Gasteiger partial charge on any atom is 0.312 e. The normalized spacial score (nSPS) is 16.9. The third-order valence-electron chi connectivity index (χ3n) is 2.74. The molecular formula is C10H17NO3. The van der Waals surface area contributed by atoms with Crippen LogP contribution in [-0.2, 0) is 9.59 Å². The highest BCUT2D eigenvalue weighted by Crippen LogP contribution is 2.25. The number of carbonyl (C=O) groups excluding carboxylic acids is 1. The Bertz CT molecular complexity index is 221. The molecule has 1 aliphatic carbocycles. The van der Waals surface area contributed by atoms with E-state index in [1.54, 1.807) is 11.9 Å². The molecule has 0 unspecified atom stereocenters. The van der Waals surface area contributed by atoms with E-state index in [4.69, 9.17) is 5.11 Å². The van der Waals surface area contributed by atoms with Crippen LogP contribution in [0.2, 0.25) is 0 Å². The fourth-order valence-corrected chi connectivity index (χ4v) is 1.95. The monoisotopic (exact) mass is 199 g/mol.